The number of nitrogens with one attached hydrogen (secondary N) is 2. The Balaban J connectivity index is 0.000000738. The summed E-state index contributed by atoms with van der Waals surface area (Å²) in [6.45, 7) is 1.59. The first kappa shape index (κ1) is 34.9. The number of aliphatic carboxylic acids is 1. The highest BCUT2D eigenvalue weighted by atomic mass is 19.4. The number of hydrogen-bond donors (Lipinski definition) is 4. The number of benzene rings is 2. The topological polar surface area (TPSA) is 193 Å². The van der Waals surface area contributed by atoms with Gasteiger partial charge in [-0.3, -0.25) is 15.2 Å². The molecule has 1 unspecified atom stereocenters. The molecule has 0 spiro atoms. The van der Waals surface area contributed by atoms with E-state index in [2.05, 4.69) is 20.1 Å². The number of nitrogens with zero attached hydrogens (tertiary/aromatic N) is 5. The summed E-state index contributed by atoms with van der Waals surface area (Å²) in [5.74, 6) is -4.34. The summed E-state index contributed by atoms with van der Waals surface area (Å²) in [5, 5.41) is 19.2. The summed E-state index contributed by atoms with van der Waals surface area (Å²) < 4.78 is 54.4. The molecule has 0 fully saturated rings. The number of aromatic nitrogens is 5. The van der Waals surface area contributed by atoms with Crippen molar-refractivity contribution in [3.05, 3.63) is 99.2 Å². The number of aryl methyl sites for hydroxylation is 1. The van der Waals surface area contributed by atoms with Crippen molar-refractivity contribution in [2.45, 2.75) is 31.9 Å². The van der Waals surface area contributed by atoms with Crippen LogP contribution in [0.25, 0.3) is 5.95 Å². The van der Waals surface area contributed by atoms with Crippen LogP contribution >= 0.6 is 0 Å². The first-order chi connectivity index (χ1) is 21.6. The van der Waals surface area contributed by atoms with Crippen LogP contribution in [0.4, 0.5) is 17.6 Å². The van der Waals surface area contributed by atoms with E-state index in [9.17, 15) is 22.8 Å². The fraction of sp³-hybridized carbons (Fsp3) is 0.276. The van der Waals surface area contributed by atoms with Gasteiger partial charge in [0.2, 0.25) is 0 Å². The van der Waals surface area contributed by atoms with Crippen molar-refractivity contribution in [2.24, 2.45) is 5.73 Å². The Hall–Kier alpha value is -5.61. The average Bonchev–Trinajstić information content (AvgIpc) is 3.40. The van der Waals surface area contributed by atoms with Crippen molar-refractivity contribution in [2.75, 3.05) is 20.7 Å². The lowest BCUT2D eigenvalue weighted by atomic mass is 9.89. The standard InChI is InChI=1S/C27H29FN8O3.C2HF3O2/c1-4-16-12-19(23(28)21(14-16)39-15-22(37)35(2)3)20(13-17-6-8-18(9-7-17)24(29)30)25-33-27(38)36(34-25)26-31-10-5-11-32-26;3-2(4,5)1(6)7/h5-12,14,20H,4,13,15H2,1-3H3,(H3,29,30)(H,33,34,38);(H,6,7). The van der Waals surface area contributed by atoms with Crippen LogP contribution in [0, 0.1) is 11.2 Å². The van der Waals surface area contributed by atoms with Crippen LogP contribution in [-0.2, 0) is 22.4 Å². The van der Waals surface area contributed by atoms with Crippen molar-refractivity contribution in [1.29, 1.82) is 5.41 Å². The van der Waals surface area contributed by atoms with Gasteiger partial charge in [0.1, 0.15) is 11.7 Å². The lowest BCUT2D eigenvalue weighted by molar-refractivity contribution is -0.192. The lowest BCUT2D eigenvalue weighted by Gasteiger charge is -2.20. The molecule has 0 aliphatic carbocycles. The second-order valence-electron chi connectivity index (χ2n) is 9.87. The number of carboxylic acids is 1. The van der Waals surface area contributed by atoms with Crippen molar-refractivity contribution in [3.8, 4) is 11.7 Å². The Kier molecular flexibility index (Phi) is 11.3. The number of ether oxygens (including phenoxy) is 1. The number of H-pyrrole nitrogens is 1. The van der Waals surface area contributed by atoms with Crippen LogP contribution in [0.15, 0.2) is 59.7 Å². The van der Waals surface area contributed by atoms with Crippen LogP contribution in [0.5, 0.6) is 5.75 Å². The van der Waals surface area contributed by atoms with Crippen LogP contribution in [0.2, 0.25) is 0 Å². The van der Waals surface area contributed by atoms with Crippen LogP contribution in [0.3, 0.4) is 0 Å². The Labute approximate surface area is 259 Å². The molecule has 2 aromatic heterocycles. The van der Waals surface area contributed by atoms with Gasteiger partial charge in [-0.1, -0.05) is 37.3 Å². The van der Waals surface area contributed by atoms with E-state index in [4.69, 9.17) is 25.8 Å². The summed E-state index contributed by atoms with van der Waals surface area (Å²) in [5.41, 5.74) is 7.38. The maximum Gasteiger partial charge on any atom is 0.490 e. The van der Waals surface area contributed by atoms with Gasteiger partial charge in [0.05, 0.1) is 5.92 Å². The maximum atomic E-state index is 16.0. The summed E-state index contributed by atoms with van der Waals surface area (Å²) in [6, 6.07) is 11.9. The Morgan fingerprint density at radius 1 is 1.13 bits per heavy atom. The number of likely N-dealkylation sites (N-methyl/N-ethyl adjacent to an activating group) is 1. The number of aromatic amines is 1. The zero-order chi connectivity index (χ0) is 34.2. The summed E-state index contributed by atoms with van der Waals surface area (Å²) in [6.07, 6.45) is -1.28. The van der Waals surface area contributed by atoms with E-state index < -0.39 is 29.6 Å². The smallest absolute Gasteiger partial charge is 0.481 e. The molecule has 0 aliphatic heterocycles. The molecule has 13 nitrogen and oxygen atoms in total. The van der Waals surface area contributed by atoms with E-state index in [0.29, 0.717) is 12.0 Å². The number of nitrogen functional groups attached to an aromatic ring is 1. The molecule has 0 saturated carbocycles. The van der Waals surface area contributed by atoms with Gasteiger partial charge in [0.15, 0.2) is 18.2 Å². The van der Waals surface area contributed by atoms with E-state index in [0.717, 1.165) is 15.8 Å². The number of carbonyl (C=O) groups is 2. The van der Waals surface area contributed by atoms with Gasteiger partial charge < -0.3 is 20.5 Å². The first-order valence-corrected chi connectivity index (χ1v) is 13.5. The molecule has 4 rings (SSSR count). The molecule has 1 amide bonds. The highest BCUT2D eigenvalue weighted by Gasteiger charge is 2.38. The number of amides is 1. The fourth-order valence-corrected chi connectivity index (χ4v) is 3.95. The quantitative estimate of drug-likeness (QED) is 0.114. The molecule has 1 atom stereocenters. The van der Waals surface area contributed by atoms with Crippen LogP contribution < -0.4 is 16.2 Å². The molecule has 46 heavy (non-hydrogen) atoms. The van der Waals surface area contributed by atoms with Crippen molar-refractivity contribution >= 4 is 17.7 Å². The fourth-order valence-electron chi connectivity index (χ4n) is 3.95. The summed E-state index contributed by atoms with van der Waals surface area (Å²) in [7, 11) is 3.18. The maximum absolute atomic E-state index is 16.0. The van der Waals surface area contributed by atoms with E-state index in [1.807, 2.05) is 6.92 Å². The Morgan fingerprint density at radius 3 is 2.26 bits per heavy atom. The van der Waals surface area contributed by atoms with E-state index in [1.54, 1.807) is 56.6 Å². The number of nitrogens with two attached hydrogens (primary N) is 1. The number of carboxylic acid groups (broad SMARTS) is 1. The van der Waals surface area contributed by atoms with E-state index in [1.165, 1.54) is 17.3 Å². The van der Waals surface area contributed by atoms with Crippen molar-refractivity contribution < 1.29 is 37.0 Å². The minimum atomic E-state index is -5.08. The van der Waals surface area contributed by atoms with Crippen molar-refractivity contribution in [1.82, 2.24) is 29.6 Å². The predicted octanol–water partition coefficient (Wildman–Crippen LogP) is 2.81. The van der Waals surface area contributed by atoms with Gasteiger partial charge in [0.25, 0.3) is 11.9 Å². The normalized spacial score (nSPS) is 11.6. The van der Waals surface area contributed by atoms with Gasteiger partial charge in [-0.25, -0.2) is 23.9 Å². The molecule has 244 valence electrons. The zero-order valence-electron chi connectivity index (χ0n) is 24.8. The summed E-state index contributed by atoms with van der Waals surface area (Å²) in [4.78, 5) is 46.1. The van der Waals surface area contributed by atoms with Gasteiger partial charge >= 0.3 is 17.8 Å². The zero-order valence-corrected chi connectivity index (χ0v) is 24.8. The first-order valence-electron chi connectivity index (χ1n) is 13.5. The number of amidine groups is 1. The second-order valence-corrected chi connectivity index (χ2v) is 9.87. The Bertz CT molecular complexity index is 1740. The predicted molar refractivity (Wildman–Crippen MR) is 156 cm³/mol. The molecule has 0 aliphatic rings. The molecule has 17 heteroatoms. The third-order valence-electron chi connectivity index (χ3n) is 6.41. The average molecular weight is 647 g/mol. The number of halogens is 4. The molecule has 0 saturated heterocycles. The summed E-state index contributed by atoms with van der Waals surface area (Å²) >= 11 is 0. The van der Waals surface area contributed by atoms with Crippen molar-refractivity contribution in [3.63, 3.8) is 0 Å². The number of rotatable bonds is 10. The van der Waals surface area contributed by atoms with Gasteiger partial charge in [-0.15, -0.1) is 9.78 Å². The monoisotopic (exact) mass is 646 g/mol. The lowest BCUT2D eigenvalue weighted by Crippen LogP contribution is -2.27. The molecule has 0 bridgehead atoms. The highest BCUT2D eigenvalue weighted by molar-refractivity contribution is 5.94. The molecule has 2 heterocycles. The third kappa shape index (κ3) is 8.96. The number of hydrogen-bond acceptors (Lipinski definition) is 8. The molecule has 0 radical (unpaired) electrons. The van der Waals surface area contributed by atoms with Gasteiger partial charge in [-0.2, -0.15) is 13.2 Å². The minimum absolute atomic E-state index is 0.0651. The molecule has 5 N–H and O–H groups in total. The van der Waals surface area contributed by atoms with Gasteiger partial charge in [0, 0.05) is 37.6 Å². The molecular weight excluding hydrogens is 616 g/mol. The highest BCUT2D eigenvalue weighted by Crippen LogP contribution is 2.34. The minimum Gasteiger partial charge on any atom is -0.481 e. The molecular formula is C29H30F4N8O5. The van der Waals surface area contributed by atoms with Crippen LogP contribution in [-0.4, -0.2) is 79.3 Å². The van der Waals surface area contributed by atoms with Gasteiger partial charge in [-0.05, 0) is 36.1 Å². The molecule has 2 aromatic carbocycles. The number of alkyl halides is 3. The number of carbonyl (C=O) groups excluding carboxylic acids is 1. The Morgan fingerprint density at radius 2 is 1.74 bits per heavy atom. The second kappa shape index (κ2) is 14.9. The largest absolute Gasteiger partial charge is 0.490 e. The molecule has 4 aromatic rings. The van der Waals surface area contributed by atoms with E-state index in [-0.39, 0.29) is 47.9 Å². The SMILES string of the molecule is CCc1cc(OCC(=O)N(C)C)c(F)c(C(Cc2ccc(C(=N)N)cc2)c2nn(-c3ncccn3)c(=O)[nH]2)c1.O=C(O)C(F)(F)F. The van der Waals surface area contributed by atoms with E-state index >= 15 is 4.39 Å². The van der Waals surface area contributed by atoms with Crippen LogP contribution in [0.1, 0.15) is 40.9 Å². The third-order valence-corrected chi connectivity index (χ3v) is 6.41.